The molecule has 142 valence electrons. The van der Waals surface area contributed by atoms with Gasteiger partial charge in [-0.3, -0.25) is 9.69 Å². The minimum Gasteiger partial charge on any atom is -0.442 e. The highest BCUT2D eigenvalue weighted by Gasteiger charge is 2.33. The monoisotopic (exact) mass is 382 g/mol. The van der Waals surface area contributed by atoms with E-state index in [1.165, 1.54) is 29.2 Å². The first-order chi connectivity index (χ1) is 12.7. The topological polar surface area (TPSA) is 58.6 Å². The van der Waals surface area contributed by atoms with E-state index in [4.69, 9.17) is 4.74 Å². The number of hydrogen-bond acceptors (Lipinski definition) is 3. The molecule has 0 bridgehead atoms. The van der Waals surface area contributed by atoms with Crippen molar-refractivity contribution in [1.29, 1.82) is 0 Å². The molecule has 0 saturated carbocycles. The van der Waals surface area contributed by atoms with Crippen LogP contribution in [0.1, 0.15) is 15.9 Å². The van der Waals surface area contributed by atoms with Gasteiger partial charge in [-0.25, -0.2) is 9.18 Å². The molecule has 0 spiro atoms. The Kier molecular flexibility index (Phi) is 5.02. The lowest BCUT2D eigenvalue weighted by Gasteiger charge is -2.13. The number of anilines is 1. The zero-order chi connectivity index (χ0) is 19.6. The second-order valence-electron chi connectivity index (χ2n) is 5.88. The molecule has 1 aliphatic heterocycles. The molecule has 1 heterocycles. The molecule has 2 amide bonds. The number of benzene rings is 2. The Morgan fingerprint density at radius 2 is 1.74 bits per heavy atom. The van der Waals surface area contributed by atoms with Crippen molar-refractivity contribution in [2.24, 2.45) is 0 Å². The van der Waals surface area contributed by atoms with Crippen LogP contribution in [0, 0.1) is 5.82 Å². The lowest BCUT2D eigenvalue weighted by Crippen LogP contribution is -2.34. The van der Waals surface area contributed by atoms with Crippen LogP contribution in [0.2, 0.25) is 0 Å². The molecule has 1 atom stereocenters. The minimum absolute atomic E-state index is 0.0106. The van der Waals surface area contributed by atoms with Crippen molar-refractivity contribution in [3.63, 3.8) is 0 Å². The largest absolute Gasteiger partial charge is 0.442 e. The van der Waals surface area contributed by atoms with Crippen LogP contribution in [0.25, 0.3) is 0 Å². The van der Waals surface area contributed by atoms with Crippen molar-refractivity contribution in [3.8, 4) is 0 Å². The number of nitrogens with zero attached hydrogens (tertiary/aromatic N) is 1. The summed E-state index contributed by atoms with van der Waals surface area (Å²) in [5.74, 6) is -1.02. The highest BCUT2D eigenvalue weighted by molar-refractivity contribution is 5.94. The van der Waals surface area contributed by atoms with Crippen LogP contribution in [-0.2, 0) is 10.9 Å². The van der Waals surface area contributed by atoms with E-state index in [-0.39, 0.29) is 18.7 Å². The molecule has 0 radical (unpaired) electrons. The van der Waals surface area contributed by atoms with Crippen molar-refractivity contribution >= 4 is 17.7 Å². The first kappa shape index (κ1) is 18.7. The van der Waals surface area contributed by atoms with E-state index in [1.54, 1.807) is 0 Å². The Bertz CT molecular complexity index is 835. The number of cyclic esters (lactones) is 1. The maximum absolute atomic E-state index is 13.0. The molecule has 5 nitrogen and oxygen atoms in total. The van der Waals surface area contributed by atoms with E-state index in [1.807, 2.05) is 0 Å². The van der Waals surface area contributed by atoms with Crippen LogP contribution in [-0.4, -0.2) is 31.2 Å². The Hall–Kier alpha value is -3.10. The summed E-state index contributed by atoms with van der Waals surface area (Å²) in [6.07, 6.45) is -5.74. The van der Waals surface area contributed by atoms with Crippen LogP contribution in [0.3, 0.4) is 0 Å². The molecule has 0 aromatic heterocycles. The lowest BCUT2D eigenvalue weighted by molar-refractivity contribution is -0.137. The van der Waals surface area contributed by atoms with Gasteiger partial charge in [-0.2, -0.15) is 13.2 Å². The predicted molar refractivity (Wildman–Crippen MR) is 87.8 cm³/mol. The Morgan fingerprint density at radius 1 is 1.11 bits per heavy atom. The molecule has 3 rings (SSSR count). The first-order valence-corrected chi connectivity index (χ1v) is 7.93. The van der Waals surface area contributed by atoms with Crippen molar-refractivity contribution in [2.45, 2.75) is 12.3 Å². The third-order valence-electron chi connectivity index (χ3n) is 3.98. The van der Waals surface area contributed by atoms with Crippen LogP contribution in [0.4, 0.5) is 28.0 Å². The first-order valence-electron chi connectivity index (χ1n) is 7.93. The zero-order valence-corrected chi connectivity index (χ0v) is 13.8. The SMILES string of the molecule is O=C(NCC1CN(c2ccc(F)cc2)C(=O)O1)c1ccc(C(F)(F)F)cc1. The normalized spacial score (nSPS) is 17.0. The molecule has 1 unspecified atom stereocenters. The fraction of sp³-hybridized carbons (Fsp3) is 0.222. The van der Waals surface area contributed by atoms with E-state index in [0.29, 0.717) is 5.69 Å². The van der Waals surface area contributed by atoms with E-state index >= 15 is 0 Å². The quantitative estimate of drug-likeness (QED) is 0.822. The van der Waals surface area contributed by atoms with Gasteiger partial charge in [-0.15, -0.1) is 0 Å². The standard InChI is InChI=1S/C18H14F4N2O3/c19-13-5-7-14(8-6-13)24-10-15(27-17(24)26)9-23-16(25)11-1-3-12(4-2-11)18(20,21)22/h1-8,15H,9-10H2,(H,23,25). The molecular formula is C18H14F4N2O3. The summed E-state index contributed by atoms with van der Waals surface area (Å²) in [4.78, 5) is 25.3. The van der Waals surface area contributed by atoms with Gasteiger partial charge in [0, 0.05) is 11.3 Å². The smallest absolute Gasteiger partial charge is 0.416 e. The molecule has 2 aromatic carbocycles. The van der Waals surface area contributed by atoms with Gasteiger partial charge in [0.2, 0.25) is 0 Å². The number of rotatable bonds is 4. The summed E-state index contributed by atoms with van der Waals surface area (Å²) in [5, 5.41) is 2.52. The molecule has 1 aliphatic rings. The summed E-state index contributed by atoms with van der Waals surface area (Å²) in [7, 11) is 0. The van der Waals surface area contributed by atoms with Crippen LogP contribution < -0.4 is 10.2 Å². The van der Waals surface area contributed by atoms with Crippen molar-refractivity contribution < 1.29 is 31.9 Å². The molecule has 0 aliphatic carbocycles. The summed E-state index contributed by atoms with van der Waals surface area (Å²) in [6, 6.07) is 9.07. The van der Waals surface area contributed by atoms with Gasteiger partial charge in [0.1, 0.15) is 11.9 Å². The second-order valence-corrected chi connectivity index (χ2v) is 5.88. The molecule has 1 saturated heterocycles. The third kappa shape index (κ3) is 4.36. The van der Waals surface area contributed by atoms with E-state index in [9.17, 15) is 27.2 Å². The van der Waals surface area contributed by atoms with Gasteiger partial charge in [0.25, 0.3) is 5.91 Å². The highest BCUT2D eigenvalue weighted by Crippen LogP contribution is 2.29. The summed E-state index contributed by atoms with van der Waals surface area (Å²) < 4.78 is 55.7. The number of nitrogens with one attached hydrogen (secondary N) is 1. The number of carbonyl (C=O) groups is 2. The van der Waals surface area contributed by atoms with Gasteiger partial charge < -0.3 is 10.1 Å². The fourth-order valence-corrected chi connectivity index (χ4v) is 2.58. The average molecular weight is 382 g/mol. The molecule has 1 N–H and O–H groups in total. The maximum Gasteiger partial charge on any atom is 0.416 e. The highest BCUT2D eigenvalue weighted by atomic mass is 19.4. The minimum atomic E-state index is -4.48. The van der Waals surface area contributed by atoms with E-state index in [2.05, 4.69) is 5.32 Å². The van der Waals surface area contributed by atoms with Gasteiger partial charge in [-0.1, -0.05) is 0 Å². The molecule has 9 heteroatoms. The number of halogens is 4. The Balaban J connectivity index is 1.56. The summed E-state index contributed by atoms with van der Waals surface area (Å²) in [5.41, 5.74) is -0.334. The van der Waals surface area contributed by atoms with Crippen LogP contribution in [0.15, 0.2) is 48.5 Å². The number of ether oxygens (including phenoxy) is 1. The van der Waals surface area contributed by atoms with Crippen molar-refractivity contribution in [3.05, 3.63) is 65.5 Å². The fourth-order valence-electron chi connectivity index (χ4n) is 2.58. The number of carbonyl (C=O) groups excluding carboxylic acids is 2. The number of amides is 2. The predicted octanol–water partition coefficient (Wildman–Crippen LogP) is 3.60. The zero-order valence-electron chi connectivity index (χ0n) is 13.8. The summed E-state index contributed by atoms with van der Waals surface area (Å²) in [6.45, 7) is 0.140. The number of hydrogen-bond donors (Lipinski definition) is 1. The Labute approximate surface area is 151 Å². The van der Waals surface area contributed by atoms with Gasteiger partial charge in [0.15, 0.2) is 0 Å². The summed E-state index contributed by atoms with van der Waals surface area (Å²) >= 11 is 0. The Morgan fingerprint density at radius 3 is 2.33 bits per heavy atom. The second kappa shape index (κ2) is 7.26. The molecule has 27 heavy (non-hydrogen) atoms. The van der Waals surface area contributed by atoms with Gasteiger partial charge in [0.05, 0.1) is 18.7 Å². The maximum atomic E-state index is 13.0. The van der Waals surface area contributed by atoms with Crippen molar-refractivity contribution in [1.82, 2.24) is 5.32 Å². The lowest BCUT2D eigenvalue weighted by atomic mass is 10.1. The molecule has 1 fully saturated rings. The van der Waals surface area contributed by atoms with Gasteiger partial charge >= 0.3 is 12.3 Å². The van der Waals surface area contributed by atoms with Crippen molar-refractivity contribution in [2.75, 3.05) is 18.0 Å². The average Bonchev–Trinajstić information content (AvgIpc) is 3.00. The van der Waals surface area contributed by atoms with E-state index in [0.717, 1.165) is 24.3 Å². The van der Waals surface area contributed by atoms with E-state index < -0.39 is 35.7 Å². The van der Waals surface area contributed by atoms with Crippen LogP contribution >= 0.6 is 0 Å². The third-order valence-corrected chi connectivity index (χ3v) is 3.98. The molecular weight excluding hydrogens is 368 g/mol. The van der Waals surface area contributed by atoms with Gasteiger partial charge in [-0.05, 0) is 48.5 Å². The van der Waals surface area contributed by atoms with Crippen LogP contribution in [0.5, 0.6) is 0 Å². The molecule has 2 aromatic rings. The number of alkyl halides is 3.